The Morgan fingerprint density at radius 3 is 2.25 bits per heavy atom. The lowest BCUT2D eigenvalue weighted by Crippen LogP contribution is -2.41. The summed E-state index contributed by atoms with van der Waals surface area (Å²) < 4.78 is 0. The van der Waals surface area contributed by atoms with Crippen molar-refractivity contribution in [3.05, 3.63) is 35.4 Å². The van der Waals surface area contributed by atoms with E-state index in [0.717, 1.165) is 16.7 Å². The minimum absolute atomic E-state index is 0.0583. The van der Waals surface area contributed by atoms with Crippen LogP contribution in [0.4, 0.5) is 0 Å². The maximum atomic E-state index is 12.2. The van der Waals surface area contributed by atoms with Gasteiger partial charge in [0.2, 0.25) is 0 Å². The van der Waals surface area contributed by atoms with Crippen molar-refractivity contribution in [3.8, 4) is 0 Å². The van der Waals surface area contributed by atoms with Gasteiger partial charge < -0.3 is 4.79 Å². The monoisotopic (exact) mass is 291 g/mol. The smallest absolute Gasteiger partial charge is 0.262 e. The predicted molar refractivity (Wildman–Crippen MR) is 74.6 cm³/mol. The topological polar surface area (TPSA) is 71.5 Å². The SMILES string of the molecule is CC(=O)SCCC(C=O)N1C(=O)c2ccccc2C1=O. The zero-order valence-corrected chi connectivity index (χ0v) is 11.7. The van der Waals surface area contributed by atoms with Crippen molar-refractivity contribution >= 4 is 35.0 Å². The highest BCUT2D eigenvalue weighted by molar-refractivity contribution is 8.13. The molecule has 0 saturated heterocycles. The molecule has 0 aromatic heterocycles. The molecule has 0 radical (unpaired) electrons. The first-order chi connectivity index (χ1) is 9.56. The fraction of sp³-hybridized carbons (Fsp3) is 0.286. The molecule has 1 atom stereocenters. The number of hydrogen-bond donors (Lipinski definition) is 0. The van der Waals surface area contributed by atoms with Gasteiger partial charge in [-0.25, -0.2) is 0 Å². The van der Waals surface area contributed by atoms with Crippen LogP contribution in [0, 0.1) is 0 Å². The Hall–Kier alpha value is -1.95. The predicted octanol–water partition coefficient (Wildman–Crippen LogP) is 1.52. The molecule has 1 aliphatic rings. The molecule has 1 aliphatic heterocycles. The number of carbonyl (C=O) groups is 4. The van der Waals surface area contributed by atoms with Crippen molar-refractivity contribution in [1.29, 1.82) is 0 Å². The maximum absolute atomic E-state index is 12.2. The van der Waals surface area contributed by atoms with Gasteiger partial charge >= 0.3 is 0 Å². The lowest BCUT2D eigenvalue weighted by atomic mass is 10.1. The van der Waals surface area contributed by atoms with Gasteiger partial charge in [0.25, 0.3) is 11.8 Å². The number of imide groups is 1. The molecule has 5 nitrogen and oxygen atoms in total. The molecule has 1 heterocycles. The van der Waals surface area contributed by atoms with Crippen LogP contribution in [0.5, 0.6) is 0 Å². The molecule has 0 aliphatic carbocycles. The first kappa shape index (κ1) is 14.5. The van der Waals surface area contributed by atoms with E-state index in [0.29, 0.717) is 23.2 Å². The zero-order chi connectivity index (χ0) is 14.7. The summed E-state index contributed by atoms with van der Waals surface area (Å²) in [5.41, 5.74) is 0.646. The average molecular weight is 291 g/mol. The molecule has 0 saturated carbocycles. The molecule has 6 heteroatoms. The van der Waals surface area contributed by atoms with Gasteiger partial charge in [0.1, 0.15) is 6.29 Å². The van der Waals surface area contributed by atoms with E-state index in [9.17, 15) is 19.2 Å². The number of aldehydes is 1. The highest BCUT2D eigenvalue weighted by Crippen LogP contribution is 2.25. The van der Waals surface area contributed by atoms with Crippen LogP contribution in [-0.2, 0) is 9.59 Å². The van der Waals surface area contributed by atoms with Gasteiger partial charge in [-0.2, -0.15) is 0 Å². The van der Waals surface area contributed by atoms with Crippen LogP contribution in [0.25, 0.3) is 0 Å². The Balaban J connectivity index is 2.16. The maximum Gasteiger partial charge on any atom is 0.262 e. The van der Waals surface area contributed by atoms with E-state index >= 15 is 0 Å². The molecule has 1 unspecified atom stereocenters. The molecule has 2 amide bonds. The second-order valence-electron chi connectivity index (χ2n) is 4.36. The van der Waals surface area contributed by atoms with Gasteiger partial charge in [-0.1, -0.05) is 23.9 Å². The normalized spacial score (nSPS) is 15.2. The third-order valence-electron chi connectivity index (χ3n) is 3.03. The molecule has 104 valence electrons. The van der Waals surface area contributed by atoms with E-state index in [1.54, 1.807) is 24.3 Å². The van der Waals surface area contributed by atoms with Crippen LogP contribution < -0.4 is 0 Å². The summed E-state index contributed by atoms with van der Waals surface area (Å²) in [7, 11) is 0. The lowest BCUT2D eigenvalue weighted by Gasteiger charge is -2.20. The van der Waals surface area contributed by atoms with Crippen LogP contribution >= 0.6 is 11.8 Å². The summed E-state index contributed by atoms with van der Waals surface area (Å²) >= 11 is 1.07. The van der Waals surface area contributed by atoms with E-state index in [4.69, 9.17) is 0 Å². The van der Waals surface area contributed by atoms with E-state index in [1.807, 2.05) is 0 Å². The lowest BCUT2D eigenvalue weighted by molar-refractivity contribution is -0.111. The van der Waals surface area contributed by atoms with E-state index in [-0.39, 0.29) is 11.5 Å². The Kier molecular flexibility index (Phi) is 4.34. The van der Waals surface area contributed by atoms with Gasteiger partial charge in [-0.15, -0.1) is 0 Å². The molecule has 0 bridgehead atoms. The Morgan fingerprint density at radius 1 is 1.25 bits per heavy atom. The summed E-state index contributed by atoms with van der Waals surface area (Å²) in [4.78, 5) is 47.4. The molecule has 0 spiro atoms. The third-order valence-corrected chi connectivity index (χ3v) is 3.88. The number of rotatable bonds is 5. The van der Waals surface area contributed by atoms with Crippen molar-refractivity contribution in [2.45, 2.75) is 19.4 Å². The molecule has 20 heavy (non-hydrogen) atoms. The number of fused-ring (bicyclic) bond motifs is 1. The minimum Gasteiger partial charge on any atom is -0.301 e. The molecule has 1 aromatic carbocycles. The van der Waals surface area contributed by atoms with Gasteiger partial charge in [-0.05, 0) is 18.6 Å². The Bertz CT molecular complexity index is 549. The van der Waals surface area contributed by atoms with Gasteiger partial charge in [0.05, 0.1) is 17.2 Å². The minimum atomic E-state index is -0.825. The fourth-order valence-electron chi connectivity index (χ4n) is 2.09. The van der Waals surface area contributed by atoms with E-state index in [1.165, 1.54) is 6.92 Å². The molecular formula is C14H13NO4S. The molecular weight excluding hydrogens is 278 g/mol. The van der Waals surface area contributed by atoms with Crippen LogP contribution in [0.2, 0.25) is 0 Å². The second kappa shape index (κ2) is 6.00. The summed E-state index contributed by atoms with van der Waals surface area (Å²) in [5.74, 6) is -0.502. The summed E-state index contributed by atoms with van der Waals surface area (Å²) in [5, 5.41) is -0.0583. The summed E-state index contributed by atoms with van der Waals surface area (Å²) in [6, 6.07) is 5.67. The fourth-order valence-corrected chi connectivity index (χ4v) is 2.74. The number of carbonyl (C=O) groups excluding carboxylic acids is 4. The van der Waals surface area contributed by atoms with Crippen LogP contribution in [0.15, 0.2) is 24.3 Å². The van der Waals surface area contributed by atoms with Crippen LogP contribution in [-0.4, -0.2) is 39.9 Å². The van der Waals surface area contributed by atoms with Gasteiger partial charge in [0, 0.05) is 12.7 Å². The van der Waals surface area contributed by atoms with Crippen molar-refractivity contribution in [3.63, 3.8) is 0 Å². The molecule has 2 rings (SSSR count). The van der Waals surface area contributed by atoms with Crippen molar-refractivity contribution in [2.24, 2.45) is 0 Å². The van der Waals surface area contributed by atoms with Crippen molar-refractivity contribution in [1.82, 2.24) is 4.90 Å². The summed E-state index contributed by atoms with van der Waals surface area (Å²) in [6.07, 6.45) is 0.863. The average Bonchev–Trinajstić information content (AvgIpc) is 2.68. The third kappa shape index (κ3) is 2.65. The number of amides is 2. The number of hydrogen-bond acceptors (Lipinski definition) is 5. The van der Waals surface area contributed by atoms with Crippen LogP contribution in [0.3, 0.4) is 0 Å². The largest absolute Gasteiger partial charge is 0.301 e. The van der Waals surface area contributed by atoms with E-state index < -0.39 is 17.9 Å². The highest BCUT2D eigenvalue weighted by atomic mass is 32.2. The van der Waals surface area contributed by atoms with Crippen LogP contribution in [0.1, 0.15) is 34.1 Å². The molecule has 1 aromatic rings. The highest BCUT2D eigenvalue weighted by Gasteiger charge is 2.39. The molecule has 0 N–H and O–H groups in total. The van der Waals surface area contributed by atoms with Crippen molar-refractivity contribution in [2.75, 3.05) is 5.75 Å². The second-order valence-corrected chi connectivity index (χ2v) is 5.63. The quantitative estimate of drug-likeness (QED) is 0.607. The molecule has 0 fully saturated rings. The number of thioether (sulfide) groups is 1. The Morgan fingerprint density at radius 2 is 1.80 bits per heavy atom. The number of nitrogens with zero attached hydrogens (tertiary/aromatic N) is 1. The zero-order valence-electron chi connectivity index (χ0n) is 10.9. The Labute approximate surface area is 120 Å². The summed E-state index contributed by atoms with van der Waals surface area (Å²) in [6.45, 7) is 1.43. The first-order valence-corrected chi connectivity index (χ1v) is 7.10. The number of benzene rings is 1. The van der Waals surface area contributed by atoms with Gasteiger partial charge in [-0.3, -0.25) is 19.3 Å². The van der Waals surface area contributed by atoms with Gasteiger partial charge in [0.15, 0.2) is 5.12 Å². The van der Waals surface area contributed by atoms with E-state index in [2.05, 4.69) is 0 Å². The standard InChI is InChI=1S/C14H13NO4S/c1-9(17)20-7-6-10(8-16)15-13(18)11-4-2-3-5-12(11)14(15)19/h2-5,8,10H,6-7H2,1H3. The first-order valence-electron chi connectivity index (χ1n) is 6.12. The van der Waals surface area contributed by atoms with Crippen molar-refractivity contribution < 1.29 is 19.2 Å².